The molecule has 0 unspecified atom stereocenters. The Bertz CT molecular complexity index is 623. The van der Waals surface area contributed by atoms with Crippen molar-refractivity contribution in [1.82, 2.24) is 0 Å². The zero-order valence-corrected chi connectivity index (χ0v) is 12.0. The molecule has 20 heavy (non-hydrogen) atoms. The van der Waals surface area contributed by atoms with Gasteiger partial charge in [-0.05, 0) is 47.9 Å². The van der Waals surface area contributed by atoms with Gasteiger partial charge in [0.05, 0.1) is 0 Å². The van der Waals surface area contributed by atoms with Crippen LogP contribution in [0.15, 0.2) is 42.5 Å². The third-order valence-corrected chi connectivity index (χ3v) is 4.21. The van der Waals surface area contributed by atoms with E-state index in [4.69, 9.17) is 0 Å². The second kappa shape index (κ2) is 5.62. The fourth-order valence-corrected chi connectivity index (χ4v) is 2.95. The van der Waals surface area contributed by atoms with E-state index < -0.39 is 0 Å². The quantitative estimate of drug-likeness (QED) is 0.758. The third kappa shape index (κ3) is 2.67. The molecule has 0 N–H and O–H groups in total. The predicted octanol–water partition coefficient (Wildman–Crippen LogP) is 4.16. The Labute approximate surface area is 120 Å². The van der Waals surface area contributed by atoms with Crippen LogP contribution in [0.1, 0.15) is 46.0 Å². The number of rotatable bonds is 4. The summed E-state index contributed by atoms with van der Waals surface area (Å²) >= 11 is 0. The fourth-order valence-electron chi connectivity index (χ4n) is 2.95. The summed E-state index contributed by atoms with van der Waals surface area (Å²) in [6, 6.07) is 14.5. The number of benzene rings is 2. The van der Waals surface area contributed by atoms with E-state index in [9.17, 15) is 4.79 Å². The van der Waals surface area contributed by atoms with E-state index in [2.05, 4.69) is 37.3 Å². The molecule has 3 rings (SSSR count). The van der Waals surface area contributed by atoms with Gasteiger partial charge in [0.1, 0.15) is 0 Å². The van der Waals surface area contributed by atoms with Crippen LogP contribution in [0.3, 0.4) is 0 Å². The number of aryl methyl sites for hydroxylation is 3. The molecule has 2 aromatic carbocycles. The first-order valence-electron chi connectivity index (χ1n) is 7.49. The summed E-state index contributed by atoms with van der Waals surface area (Å²) < 4.78 is 0. The molecule has 0 bridgehead atoms. The van der Waals surface area contributed by atoms with Crippen molar-refractivity contribution in [1.29, 1.82) is 0 Å². The van der Waals surface area contributed by atoms with Gasteiger partial charge in [0.2, 0.25) is 0 Å². The second-order valence-corrected chi connectivity index (χ2v) is 5.61. The highest BCUT2D eigenvalue weighted by atomic mass is 16.1. The fraction of sp³-hybridized carbons (Fsp3) is 0.316. The van der Waals surface area contributed by atoms with Crippen molar-refractivity contribution in [3.8, 4) is 0 Å². The maximum atomic E-state index is 12.3. The molecule has 1 nitrogen and oxygen atoms in total. The van der Waals surface area contributed by atoms with Gasteiger partial charge in [0, 0.05) is 12.0 Å². The lowest BCUT2D eigenvalue weighted by atomic mass is 9.99. The standard InChI is InChI=1S/C19H20O/c1-2-14-6-10-17(11-7-14)19(20)13-15-8-9-16-4-3-5-18(16)12-15/h6-12H,2-5,13H2,1H3. The van der Waals surface area contributed by atoms with Crippen molar-refractivity contribution in [2.24, 2.45) is 0 Å². The van der Waals surface area contributed by atoms with Crippen LogP contribution in [-0.4, -0.2) is 5.78 Å². The average Bonchev–Trinajstić information content (AvgIpc) is 2.95. The molecule has 1 heteroatoms. The summed E-state index contributed by atoms with van der Waals surface area (Å²) in [6.07, 6.45) is 5.15. The maximum absolute atomic E-state index is 12.3. The summed E-state index contributed by atoms with van der Waals surface area (Å²) in [5.41, 5.74) is 6.15. The Hall–Kier alpha value is -1.89. The van der Waals surface area contributed by atoms with Crippen molar-refractivity contribution in [3.05, 3.63) is 70.3 Å². The molecular weight excluding hydrogens is 244 g/mol. The van der Waals surface area contributed by atoms with Gasteiger partial charge in [-0.15, -0.1) is 0 Å². The first kappa shape index (κ1) is 13.1. The molecule has 0 aromatic heterocycles. The molecule has 0 heterocycles. The molecule has 1 aliphatic rings. The zero-order chi connectivity index (χ0) is 13.9. The molecule has 2 aromatic rings. The molecule has 0 aliphatic heterocycles. The van der Waals surface area contributed by atoms with Crippen molar-refractivity contribution < 1.29 is 4.79 Å². The third-order valence-electron chi connectivity index (χ3n) is 4.21. The second-order valence-electron chi connectivity index (χ2n) is 5.61. The Kier molecular flexibility index (Phi) is 3.68. The molecule has 0 radical (unpaired) electrons. The minimum atomic E-state index is 0.214. The van der Waals surface area contributed by atoms with Gasteiger partial charge in [-0.3, -0.25) is 4.79 Å². The van der Waals surface area contributed by atoms with Crippen LogP contribution < -0.4 is 0 Å². The number of Topliss-reactive ketones (excluding diaryl/α,β-unsaturated/α-hetero) is 1. The van der Waals surface area contributed by atoms with E-state index in [1.807, 2.05) is 12.1 Å². The van der Waals surface area contributed by atoms with Crippen LogP contribution in [0, 0.1) is 0 Å². The van der Waals surface area contributed by atoms with Gasteiger partial charge in [-0.25, -0.2) is 0 Å². The van der Waals surface area contributed by atoms with Gasteiger partial charge in [-0.2, -0.15) is 0 Å². The van der Waals surface area contributed by atoms with Crippen molar-refractivity contribution in [2.45, 2.75) is 39.0 Å². The summed E-state index contributed by atoms with van der Waals surface area (Å²) in [5.74, 6) is 0.214. The largest absolute Gasteiger partial charge is 0.294 e. The number of carbonyl (C=O) groups excluding carboxylic acids is 1. The summed E-state index contributed by atoms with van der Waals surface area (Å²) in [5, 5.41) is 0. The molecule has 0 atom stereocenters. The molecule has 1 aliphatic carbocycles. The van der Waals surface area contributed by atoms with Crippen molar-refractivity contribution >= 4 is 5.78 Å². The SMILES string of the molecule is CCc1ccc(C(=O)Cc2ccc3c(c2)CCC3)cc1. The minimum absolute atomic E-state index is 0.214. The molecule has 0 spiro atoms. The Morgan fingerprint density at radius 2 is 1.65 bits per heavy atom. The van der Waals surface area contributed by atoms with E-state index in [1.165, 1.54) is 36.0 Å². The smallest absolute Gasteiger partial charge is 0.167 e. The zero-order valence-electron chi connectivity index (χ0n) is 12.0. The number of ketones is 1. The molecule has 0 saturated carbocycles. The molecule has 0 saturated heterocycles. The van der Waals surface area contributed by atoms with E-state index >= 15 is 0 Å². The topological polar surface area (TPSA) is 17.1 Å². The highest BCUT2D eigenvalue weighted by molar-refractivity contribution is 5.97. The summed E-state index contributed by atoms with van der Waals surface area (Å²) in [6.45, 7) is 2.13. The van der Waals surface area contributed by atoms with Gasteiger partial charge in [0.25, 0.3) is 0 Å². The Morgan fingerprint density at radius 1 is 0.950 bits per heavy atom. The lowest BCUT2D eigenvalue weighted by Crippen LogP contribution is -2.04. The highest BCUT2D eigenvalue weighted by Crippen LogP contribution is 2.23. The van der Waals surface area contributed by atoms with E-state index in [-0.39, 0.29) is 5.78 Å². The number of fused-ring (bicyclic) bond motifs is 1. The highest BCUT2D eigenvalue weighted by Gasteiger charge is 2.13. The molecule has 0 fully saturated rings. The van der Waals surface area contributed by atoms with E-state index in [0.717, 1.165) is 17.5 Å². The molecular formula is C19H20O. The predicted molar refractivity (Wildman–Crippen MR) is 82.3 cm³/mol. The molecule has 0 amide bonds. The number of carbonyl (C=O) groups is 1. The summed E-state index contributed by atoms with van der Waals surface area (Å²) in [7, 11) is 0. The lowest BCUT2D eigenvalue weighted by Gasteiger charge is -2.05. The average molecular weight is 264 g/mol. The Balaban J connectivity index is 1.75. The maximum Gasteiger partial charge on any atom is 0.167 e. The first-order chi connectivity index (χ1) is 9.76. The Morgan fingerprint density at radius 3 is 2.40 bits per heavy atom. The van der Waals surface area contributed by atoms with Crippen molar-refractivity contribution in [2.75, 3.05) is 0 Å². The van der Waals surface area contributed by atoms with Crippen LogP contribution in [0.4, 0.5) is 0 Å². The van der Waals surface area contributed by atoms with Gasteiger partial charge in [-0.1, -0.05) is 49.4 Å². The van der Waals surface area contributed by atoms with E-state index in [1.54, 1.807) is 0 Å². The monoisotopic (exact) mass is 264 g/mol. The van der Waals surface area contributed by atoms with Gasteiger partial charge < -0.3 is 0 Å². The van der Waals surface area contributed by atoms with Crippen molar-refractivity contribution in [3.63, 3.8) is 0 Å². The lowest BCUT2D eigenvalue weighted by molar-refractivity contribution is 0.0993. The van der Waals surface area contributed by atoms with Gasteiger partial charge >= 0.3 is 0 Å². The number of hydrogen-bond donors (Lipinski definition) is 0. The van der Waals surface area contributed by atoms with Crippen LogP contribution in [0.5, 0.6) is 0 Å². The van der Waals surface area contributed by atoms with Crippen LogP contribution in [0.25, 0.3) is 0 Å². The minimum Gasteiger partial charge on any atom is -0.294 e. The van der Waals surface area contributed by atoms with Crippen LogP contribution >= 0.6 is 0 Å². The normalized spacial score (nSPS) is 13.2. The number of hydrogen-bond acceptors (Lipinski definition) is 1. The van der Waals surface area contributed by atoms with Crippen LogP contribution in [0.2, 0.25) is 0 Å². The first-order valence-corrected chi connectivity index (χ1v) is 7.49. The van der Waals surface area contributed by atoms with E-state index in [0.29, 0.717) is 6.42 Å². The molecule has 102 valence electrons. The van der Waals surface area contributed by atoms with Gasteiger partial charge in [0.15, 0.2) is 5.78 Å². The summed E-state index contributed by atoms with van der Waals surface area (Å²) in [4.78, 5) is 12.3. The van der Waals surface area contributed by atoms with Crippen LogP contribution in [-0.2, 0) is 25.7 Å².